The predicted molar refractivity (Wildman–Crippen MR) is 80.9 cm³/mol. The zero-order valence-electron chi connectivity index (χ0n) is 11.9. The lowest BCUT2D eigenvalue weighted by atomic mass is 10.2. The average molecular weight is 285 g/mol. The third-order valence-electron chi connectivity index (χ3n) is 3.24. The maximum atomic E-state index is 5.74. The molecule has 0 radical (unpaired) electrons. The Hall–Kier alpha value is -2.04. The number of fused-ring (bicyclic) bond motifs is 1. The first-order chi connectivity index (χ1) is 10.4. The first-order valence-electron chi connectivity index (χ1n) is 7.20. The molecule has 21 heavy (non-hydrogen) atoms. The molecule has 0 unspecified atom stereocenters. The molecular weight excluding hydrogens is 266 g/mol. The van der Waals surface area contributed by atoms with Gasteiger partial charge in [-0.25, -0.2) is 0 Å². The molecule has 1 aromatic carbocycles. The summed E-state index contributed by atoms with van der Waals surface area (Å²) in [5.41, 5.74) is 0.941. The molecule has 0 saturated heterocycles. The molecule has 1 N–H and O–H groups in total. The molecule has 110 valence electrons. The largest absolute Gasteiger partial charge is 0.467 e. The van der Waals surface area contributed by atoms with E-state index in [1.165, 1.54) is 0 Å². The predicted octanol–water partition coefficient (Wildman–Crippen LogP) is 3.72. The van der Waals surface area contributed by atoms with Crippen molar-refractivity contribution in [2.24, 2.45) is 0 Å². The Morgan fingerprint density at radius 1 is 1.05 bits per heavy atom. The van der Waals surface area contributed by atoms with E-state index in [1.54, 1.807) is 6.26 Å². The first kappa shape index (κ1) is 13.9. The topological polar surface area (TPSA) is 47.5 Å². The van der Waals surface area contributed by atoms with Crippen LogP contribution in [0.3, 0.4) is 0 Å². The van der Waals surface area contributed by atoms with Crippen LogP contribution in [0, 0.1) is 0 Å². The number of ether oxygens (including phenoxy) is 1. The Kier molecular flexibility index (Phi) is 4.71. The fourth-order valence-electron chi connectivity index (χ4n) is 2.20. The van der Waals surface area contributed by atoms with Gasteiger partial charge in [0.05, 0.1) is 12.8 Å². The summed E-state index contributed by atoms with van der Waals surface area (Å²) in [6.07, 6.45) is 2.62. The van der Waals surface area contributed by atoms with Crippen molar-refractivity contribution in [3.05, 3.63) is 60.2 Å². The van der Waals surface area contributed by atoms with Crippen LogP contribution >= 0.6 is 0 Å². The minimum Gasteiger partial charge on any atom is -0.467 e. The molecule has 2 heterocycles. The number of benzene rings is 1. The monoisotopic (exact) mass is 285 g/mol. The van der Waals surface area contributed by atoms with E-state index in [0.717, 1.165) is 42.0 Å². The minimum absolute atomic E-state index is 0.538. The molecule has 0 bridgehead atoms. The summed E-state index contributed by atoms with van der Waals surface area (Å²) in [7, 11) is 0. The molecular formula is C17H19NO3. The normalized spacial score (nSPS) is 11.2. The van der Waals surface area contributed by atoms with Crippen LogP contribution < -0.4 is 5.32 Å². The van der Waals surface area contributed by atoms with E-state index < -0.39 is 0 Å². The van der Waals surface area contributed by atoms with E-state index in [4.69, 9.17) is 13.6 Å². The fourth-order valence-corrected chi connectivity index (χ4v) is 2.20. The number of rotatable bonds is 8. The van der Waals surface area contributed by atoms with E-state index >= 15 is 0 Å². The standard InChI is InChI=1S/C17H19NO3/c1-2-7-17-14(5-1)11-16(21-17)12-18-8-4-9-19-13-15-6-3-10-20-15/h1-3,5-7,10-11,18H,4,8-9,12-13H2. The average Bonchev–Trinajstić information content (AvgIpc) is 3.15. The smallest absolute Gasteiger partial charge is 0.134 e. The van der Waals surface area contributed by atoms with Gasteiger partial charge in [0.25, 0.3) is 0 Å². The van der Waals surface area contributed by atoms with E-state index in [-0.39, 0.29) is 0 Å². The molecule has 3 aromatic rings. The van der Waals surface area contributed by atoms with Crippen molar-refractivity contribution >= 4 is 11.0 Å². The van der Waals surface area contributed by atoms with Crippen molar-refractivity contribution in [3.8, 4) is 0 Å². The summed E-state index contributed by atoms with van der Waals surface area (Å²) in [5, 5.41) is 4.51. The summed E-state index contributed by atoms with van der Waals surface area (Å²) < 4.78 is 16.5. The van der Waals surface area contributed by atoms with Gasteiger partial charge in [-0.1, -0.05) is 18.2 Å². The molecule has 0 spiro atoms. The second-order valence-corrected chi connectivity index (χ2v) is 4.91. The lowest BCUT2D eigenvalue weighted by molar-refractivity contribution is 0.104. The Morgan fingerprint density at radius 3 is 2.86 bits per heavy atom. The number of para-hydroxylation sites is 1. The summed E-state index contributed by atoms with van der Waals surface area (Å²) in [4.78, 5) is 0. The lowest BCUT2D eigenvalue weighted by Crippen LogP contribution is -2.15. The second-order valence-electron chi connectivity index (χ2n) is 4.91. The molecule has 0 saturated carbocycles. The molecule has 0 atom stereocenters. The first-order valence-corrected chi connectivity index (χ1v) is 7.20. The molecule has 0 amide bonds. The van der Waals surface area contributed by atoms with Crippen LogP contribution in [-0.4, -0.2) is 13.2 Å². The van der Waals surface area contributed by atoms with Crippen molar-refractivity contribution in [2.75, 3.05) is 13.2 Å². The van der Waals surface area contributed by atoms with Gasteiger partial charge >= 0.3 is 0 Å². The number of hydrogen-bond donors (Lipinski definition) is 1. The van der Waals surface area contributed by atoms with Crippen LogP contribution in [0.25, 0.3) is 11.0 Å². The fraction of sp³-hybridized carbons (Fsp3) is 0.294. The number of furan rings is 2. The number of hydrogen-bond acceptors (Lipinski definition) is 4. The molecule has 0 aliphatic rings. The second kappa shape index (κ2) is 7.11. The third kappa shape index (κ3) is 3.97. The maximum absolute atomic E-state index is 5.74. The van der Waals surface area contributed by atoms with Crippen molar-refractivity contribution in [1.29, 1.82) is 0 Å². The molecule has 3 rings (SSSR count). The van der Waals surface area contributed by atoms with E-state index in [2.05, 4.69) is 17.4 Å². The zero-order chi connectivity index (χ0) is 14.3. The molecule has 0 fully saturated rings. The van der Waals surface area contributed by atoms with Gasteiger partial charge in [0.2, 0.25) is 0 Å². The molecule has 4 heteroatoms. The van der Waals surface area contributed by atoms with Gasteiger partial charge in [-0.2, -0.15) is 0 Å². The molecule has 0 aliphatic carbocycles. The summed E-state index contributed by atoms with van der Waals surface area (Å²) in [6.45, 7) is 2.90. The van der Waals surface area contributed by atoms with Gasteiger partial charge < -0.3 is 18.9 Å². The highest BCUT2D eigenvalue weighted by Crippen LogP contribution is 2.18. The third-order valence-corrected chi connectivity index (χ3v) is 3.24. The van der Waals surface area contributed by atoms with Crippen molar-refractivity contribution in [2.45, 2.75) is 19.6 Å². The van der Waals surface area contributed by atoms with E-state index in [1.807, 2.05) is 30.3 Å². The molecule has 4 nitrogen and oxygen atoms in total. The summed E-state index contributed by atoms with van der Waals surface area (Å²) in [5.74, 6) is 1.83. The van der Waals surface area contributed by atoms with E-state index in [9.17, 15) is 0 Å². The van der Waals surface area contributed by atoms with Crippen molar-refractivity contribution in [1.82, 2.24) is 5.32 Å². The minimum atomic E-state index is 0.538. The van der Waals surface area contributed by atoms with Gasteiger partial charge in [0, 0.05) is 12.0 Å². The molecule has 2 aromatic heterocycles. The Morgan fingerprint density at radius 2 is 2.00 bits per heavy atom. The van der Waals surface area contributed by atoms with Crippen LogP contribution in [0.2, 0.25) is 0 Å². The van der Waals surface area contributed by atoms with Crippen molar-refractivity contribution < 1.29 is 13.6 Å². The van der Waals surface area contributed by atoms with Gasteiger partial charge in [-0.15, -0.1) is 0 Å². The Balaban J connectivity index is 1.31. The van der Waals surface area contributed by atoms with Gasteiger partial charge in [-0.3, -0.25) is 0 Å². The van der Waals surface area contributed by atoms with E-state index in [0.29, 0.717) is 13.2 Å². The lowest BCUT2D eigenvalue weighted by Gasteiger charge is -2.03. The summed E-state index contributed by atoms with van der Waals surface area (Å²) >= 11 is 0. The van der Waals surface area contributed by atoms with Crippen LogP contribution in [0.1, 0.15) is 17.9 Å². The number of nitrogens with one attached hydrogen (secondary N) is 1. The quantitative estimate of drug-likeness (QED) is 0.641. The Bertz CT molecular complexity index is 625. The van der Waals surface area contributed by atoms with Crippen LogP contribution in [0.15, 0.2) is 57.6 Å². The van der Waals surface area contributed by atoms with Gasteiger partial charge in [0.1, 0.15) is 23.7 Å². The SMILES string of the molecule is c1coc(COCCCNCc2cc3ccccc3o2)c1. The van der Waals surface area contributed by atoms with Gasteiger partial charge in [-0.05, 0) is 37.2 Å². The van der Waals surface area contributed by atoms with Gasteiger partial charge in [0.15, 0.2) is 0 Å². The highest BCUT2D eigenvalue weighted by molar-refractivity contribution is 5.77. The van der Waals surface area contributed by atoms with Crippen molar-refractivity contribution in [3.63, 3.8) is 0 Å². The molecule has 0 aliphatic heterocycles. The van der Waals surface area contributed by atoms with Crippen LogP contribution in [0.4, 0.5) is 0 Å². The highest BCUT2D eigenvalue weighted by atomic mass is 16.5. The summed E-state index contributed by atoms with van der Waals surface area (Å²) in [6, 6.07) is 13.9. The maximum Gasteiger partial charge on any atom is 0.134 e. The van der Waals surface area contributed by atoms with Crippen LogP contribution in [0.5, 0.6) is 0 Å². The van der Waals surface area contributed by atoms with Crippen LogP contribution in [-0.2, 0) is 17.9 Å². The zero-order valence-corrected chi connectivity index (χ0v) is 11.9. The highest BCUT2D eigenvalue weighted by Gasteiger charge is 2.02. The Labute approximate surface area is 123 Å².